The Hall–Kier alpha value is -3.76. The normalized spacial score (nSPS) is 19.5. The zero-order chi connectivity index (χ0) is 23.4. The molecule has 2 rings (SSSR count). The van der Waals surface area contributed by atoms with Gasteiger partial charge < -0.3 is 30.6 Å². The number of benzene rings is 1. The molecule has 0 aliphatic heterocycles. The van der Waals surface area contributed by atoms with E-state index in [1.807, 2.05) is 0 Å². The van der Waals surface area contributed by atoms with Gasteiger partial charge >= 0.3 is 11.9 Å². The predicted molar refractivity (Wildman–Crippen MR) is 105 cm³/mol. The number of hydrogen-bond donors (Lipinski definition) is 6. The van der Waals surface area contributed by atoms with Gasteiger partial charge in [-0.05, 0) is 36.1 Å². The topological polar surface area (TPSA) is 190 Å². The third kappa shape index (κ3) is 4.39. The number of ketones is 2. The van der Waals surface area contributed by atoms with Gasteiger partial charge in [0, 0.05) is 6.42 Å². The molecule has 1 aliphatic carbocycles. The number of carbonyl (C=O) groups is 4. The summed E-state index contributed by atoms with van der Waals surface area (Å²) in [4.78, 5) is 48.7. The SMILES string of the molecule is O=C(O)C(O)(C(=O)/C=C/c1ccc(O)c(O)c1)C(O)(C(=O)O)C(=O)CC1C=CC=CC1. The van der Waals surface area contributed by atoms with E-state index in [-0.39, 0.29) is 5.56 Å². The predicted octanol–water partition coefficient (Wildman–Crippen LogP) is 0.403. The van der Waals surface area contributed by atoms with Crippen LogP contribution in [0.2, 0.25) is 0 Å². The smallest absolute Gasteiger partial charge is 0.348 e. The molecule has 0 bridgehead atoms. The second kappa shape index (κ2) is 8.94. The van der Waals surface area contributed by atoms with Gasteiger partial charge in [0.25, 0.3) is 11.2 Å². The molecule has 0 spiro atoms. The Morgan fingerprint density at radius 2 is 1.61 bits per heavy atom. The fourth-order valence-electron chi connectivity index (χ4n) is 3.02. The van der Waals surface area contributed by atoms with Crippen molar-refractivity contribution in [3.05, 3.63) is 54.1 Å². The van der Waals surface area contributed by atoms with E-state index < -0.39 is 58.5 Å². The lowest BCUT2D eigenvalue weighted by molar-refractivity contribution is -0.206. The molecular weight excluding hydrogens is 412 g/mol. The average Bonchev–Trinajstić information content (AvgIpc) is 2.73. The molecule has 31 heavy (non-hydrogen) atoms. The first-order chi connectivity index (χ1) is 14.4. The van der Waals surface area contributed by atoms with Gasteiger partial charge in [-0.2, -0.15) is 0 Å². The number of carboxylic acids is 2. The van der Waals surface area contributed by atoms with Gasteiger partial charge in [-0.15, -0.1) is 0 Å². The van der Waals surface area contributed by atoms with Crippen LogP contribution in [0.4, 0.5) is 0 Å². The van der Waals surface area contributed by atoms with Crippen molar-refractivity contribution in [2.24, 2.45) is 5.92 Å². The lowest BCUT2D eigenvalue weighted by atomic mass is 9.73. The number of carboxylic acid groups (broad SMARTS) is 2. The van der Waals surface area contributed by atoms with Crippen LogP contribution >= 0.6 is 0 Å². The maximum atomic E-state index is 12.6. The van der Waals surface area contributed by atoms with Gasteiger partial charge in [-0.1, -0.05) is 36.4 Å². The van der Waals surface area contributed by atoms with E-state index in [0.717, 1.165) is 18.2 Å². The van der Waals surface area contributed by atoms with E-state index in [2.05, 4.69) is 0 Å². The van der Waals surface area contributed by atoms with Gasteiger partial charge in [0.1, 0.15) is 0 Å². The fourth-order valence-corrected chi connectivity index (χ4v) is 3.02. The Labute approximate surface area is 175 Å². The lowest BCUT2D eigenvalue weighted by Crippen LogP contribution is -2.71. The molecule has 6 N–H and O–H groups in total. The number of rotatable bonds is 9. The van der Waals surface area contributed by atoms with Crippen LogP contribution in [0.3, 0.4) is 0 Å². The molecule has 10 nitrogen and oxygen atoms in total. The van der Waals surface area contributed by atoms with E-state index in [9.17, 15) is 49.8 Å². The summed E-state index contributed by atoms with van der Waals surface area (Å²) < 4.78 is 0. The molecule has 0 amide bonds. The molecule has 1 aromatic carbocycles. The highest BCUT2D eigenvalue weighted by molar-refractivity contribution is 6.24. The van der Waals surface area contributed by atoms with E-state index in [0.29, 0.717) is 12.5 Å². The van der Waals surface area contributed by atoms with Crippen LogP contribution in [0.15, 0.2) is 48.6 Å². The van der Waals surface area contributed by atoms with Crippen molar-refractivity contribution in [1.29, 1.82) is 0 Å². The molecule has 0 fully saturated rings. The van der Waals surface area contributed by atoms with Crippen LogP contribution in [-0.4, -0.2) is 65.3 Å². The molecule has 1 aliphatic rings. The zero-order valence-electron chi connectivity index (χ0n) is 16.0. The highest BCUT2D eigenvalue weighted by atomic mass is 16.5. The average molecular weight is 432 g/mol. The standard InChI is InChI=1S/C21H20O10/c22-14-8-6-13(10-15(14)23)7-9-16(24)20(30,18(26)27)21(31,19(28)29)17(25)11-12-4-2-1-3-5-12/h1-4,6-10,12,22-23,30-31H,5,11H2,(H,26,27)(H,28,29)/b9-7+. The largest absolute Gasteiger partial charge is 0.504 e. The number of phenols is 2. The summed E-state index contributed by atoms with van der Waals surface area (Å²) in [5, 5.41) is 58.8. The summed E-state index contributed by atoms with van der Waals surface area (Å²) in [5.74, 6) is -9.77. The Morgan fingerprint density at radius 1 is 0.968 bits per heavy atom. The second-order valence-electron chi connectivity index (χ2n) is 6.91. The molecule has 10 heteroatoms. The van der Waals surface area contributed by atoms with Gasteiger partial charge in [-0.3, -0.25) is 9.59 Å². The first-order valence-electron chi connectivity index (χ1n) is 8.97. The van der Waals surface area contributed by atoms with E-state index in [1.54, 1.807) is 24.3 Å². The number of Topliss-reactive ketones (excluding diaryl/α,β-unsaturated/α-hetero) is 1. The van der Waals surface area contributed by atoms with Gasteiger partial charge in [0.15, 0.2) is 17.3 Å². The summed E-state index contributed by atoms with van der Waals surface area (Å²) in [5.41, 5.74) is -7.92. The number of carbonyl (C=O) groups excluding carboxylic acids is 2. The zero-order valence-corrected chi connectivity index (χ0v) is 16.0. The van der Waals surface area contributed by atoms with Crippen LogP contribution in [0, 0.1) is 5.92 Å². The molecule has 164 valence electrons. The third-order valence-electron chi connectivity index (χ3n) is 4.85. The minimum atomic E-state index is -4.03. The molecule has 0 radical (unpaired) electrons. The maximum absolute atomic E-state index is 12.6. The molecule has 3 unspecified atom stereocenters. The van der Waals surface area contributed by atoms with Gasteiger partial charge in [-0.25, -0.2) is 9.59 Å². The van der Waals surface area contributed by atoms with Crippen molar-refractivity contribution in [3.8, 4) is 11.5 Å². The van der Waals surface area contributed by atoms with Crippen molar-refractivity contribution in [1.82, 2.24) is 0 Å². The van der Waals surface area contributed by atoms with Crippen molar-refractivity contribution in [3.63, 3.8) is 0 Å². The summed E-state index contributed by atoms with van der Waals surface area (Å²) in [6.07, 6.45) is 7.48. The molecule has 0 saturated heterocycles. The van der Waals surface area contributed by atoms with Crippen LogP contribution in [0.5, 0.6) is 11.5 Å². The van der Waals surface area contributed by atoms with Crippen molar-refractivity contribution in [2.75, 3.05) is 0 Å². The number of aromatic hydroxyl groups is 2. The van der Waals surface area contributed by atoms with Crippen LogP contribution in [-0.2, 0) is 19.2 Å². The minimum absolute atomic E-state index is 0.0701. The lowest BCUT2D eigenvalue weighted by Gasteiger charge is -2.34. The Balaban J connectivity index is 2.43. The summed E-state index contributed by atoms with van der Waals surface area (Å²) in [6.45, 7) is 0. The van der Waals surface area contributed by atoms with E-state index in [4.69, 9.17) is 0 Å². The quantitative estimate of drug-likeness (QED) is 0.181. The number of aliphatic hydroxyl groups is 2. The summed E-state index contributed by atoms with van der Waals surface area (Å²) in [7, 11) is 0. The number of hydrogen-bond acceptors (Lipinski definition) is 8. The Bertz CT molecular complexity index is 1010. The van der Waals surface area contributed by atoms with Gasteiger partial charge in [0.05, 0.1) is 0 Å². The Morgan fingerprint density at radius 3 is 2.13 bits per heavy atom. The number of phenolic OH excluding ortho intramolecular Hbond substituents is 2. The molecule has 0 aromatic heterocycles. The van der Waals surface area contributed by atoms with Crippen molar-refractivity contribution in [2.45, 2.75) is 24.0 Å². The second-order valence-corrected chi connectivity index (χ2v) is 6.91. The van der Waals surface area contributed by atoms with Crippen LogP contribution in [0.25, 0.3) is 6.08 Å². The van der Waals surface area contributed by atoms with Crippen LogP contribution in [0.1, 0.15) is 18.4 Å². The number of allylic oxidation sites excluding steroid dienone is 4. The highest BCUT2D eigenvalue weighted by Crippen LogP contribution is 2.31. The van der Waals surface area contributed by atoms with E-state index >= 15 is 0 Å². The summed E-state index contributed by atoms with van der Waals surface area (Å²) >= 11 is 0. The molecular formula is C21H20O10. The third-order valence-corrected chi connectivity index (χ3v) is 4.85. The fraction of sp³-hybridized carbons (Fsp3) is 0.238. The summed E-state index contributed by atoms with van der Waals surface area (Å²) in [6, 6.07) is 3.28. The maximum Gasteiger partial charge on any atom is 0.348 e. The van der Waals surface area contributed by atoms with Crippen LogP contribution < -0.4 is 0 Å². The van der Waals surface area contributed by atoms with Crippen molar-refractivity contribution < 1.29 is 49.8 Å². The first-order valence-corrected chi connectivity index (χ1v) is 8.97. The molecule has 1 aromatic rings. The van der Waals surface area contributed by atoms with E-state index in [1.165, 1.54) is 6.07 Å². The number of aliphatic carboxylic acids is 2. The van der Waals surface area contributed by atoms with Gasteiger partial charge in [0.2, 0.25) is 5.78 Å². The van der Waals surface area contributed by atoms with Crippen molar-refractivity contribution >= 4 is 29.6 Å². The monoisotopic (exact) mass is 432 g/mol. The molecule has 3 atom stereocenters. The highest BCUT2D eigenvalue weighted by Gasteiger charge is 2.68. The molecule has 0 saturated carbocycles. The Kier molecular flexibility index (Phi) is 6.78. The molecule has 0 heterocycles. The first kappa shape index (κ1) is 23.5. The minimum Gasteiger partial charge on any atom is -0.504 e.